The maximum atomic E-state index is 12.3. The lowest BCUT2D eigenvalue weighted by Gasteiger charge is -2.22. The van der Waals surface area contributed by atoms with E-state index in [0.29, 0.717) is 18.9 Å². The molecule has 1 unspecified atom stereocenters. The molecule has 0 saturated carbocycles. The number of ether oxygens (including phenoxy) is 1. The Kier molecular flexibility index (Phi) is 3.86. The molecule has 1 saturated heterocycles. The molecule has 7 heteroatoms. The molecule has 0 bridgehead atoms. The molecule has 1 atom stereocenters. The Morgan fingerprint density at radius 1 is 1.39 bits per heavy atom. The maximum absolute atomic E-state index is 12.3. The zero-order valence-electron chi connectivity index (χ0n) is 10.2. The van der Waals surface area contributed by atoms with Crippen molar-refractivity contribution in [2.24, 2.45) is 5.84 Å². The van der Waals surface area contributed by atoms with Gasteiger partial charge < -0.3 is 10.2 Å². The summed E-state index contributed by atoms with van der Waals surface area (Å²) in [6.45, 7) is 1.07. The highest BCUT2D eigenvalue weighted by Crippen LogP contribution is 2.21. The molecule has 1 aromatic rings. The first-order valence-electron chi connectivity index (χ1n) is 5.68. The summed E-state index contributed by atoms with van der Waals surface area (Å²) in [5, 5.41) is 0. The Morgan fingerprint density at radius 3 is 2.56 bits per heavy atom. The predicted molar refractivity (Wildman–Crippen MR) is 68.4 cm³/mol. The molecule has 0 spiro atoms. The van der Waals surface area contributed by atoms with E-state index in [-0.39, 0.29) is 10.9 Å². The molecule has 0 amide bonds. The van der Waals surface area contributed by atoms with Gasteiger partial charge in [-0.2, -0.15) is 4.31 Å². The summed E-state index contributed by atoms with van der Waals surface area (Å²) < 4.78 is 31.3. The number of nitrogens with one attached hydrogen (secondary N) is 1. The summed E-state index contributed by atoms with van der Waals surface area (Å²) in [4.78, 5) is 0.260. The van der Waals surface area contributed by atoms with E-state index in [9.17, 15) is 8.42 Å². The van der Waals surface area contributed by atoms with Crippen LogP contribution in [0.15, 0.2) is 29.2 Å². The first-order valence-corrected chi connectivity index (χ1v) is 7.12. The average molecular weight is 271 g/mol. The molecule has 6 nitrogen and oxygen atoms in total. The van der Waals surface area contributed by atoms with Crippen LogP contribution in [-0.4, -0.2) is 39.0 Å². The number of hydrogen-bond acceptors (Lipinski definition) is 5. The van der Waals surface area contributed by atoms with E-state index in [2.05, 4.69) is 5.43 Å². The number of nitrogens with zero attached hydrogens (tertiary/aromatic N) is 1. The zero-order valence-corrected chi connectivity index (χ0v) is 11.0. The zero-order chi connectivity index (χ0) is 13.2. The quantitative estimate of drug-likeness (QED) is 0.611. The van der Waals surface area contributed by atoms with Crippen LogP contribution in [0.25, 0.3) is 0 Å². The van der Waals surface area contributed by atoms with Crippen molar-refractivity contribution in [1.82, 2.24) is 4.31 Å². The molecule has 2 rings (SSSR count). The number of hydrogen-bond donors (Lipinski definition) is 2. The lowest BCUT2D eigenvalue weighted by molar-refractivity contribution is 0.181. The Hall–Kier alpha value is -1.15. The lowest BCUT2D eigenvalue weighted by atomic mass is 10.3. The van der Waals surface area contributed by atoms with Crippen molar-refractivity contribution in [3.63, 3.8) is 0 Å². The van der Waals surface area contributed by atoms with E-state index in [1.165, 1.54) is 16.4 Å². The van der Waals surface area contributed by atoms with Crippen LogP contribution >= 0.6 is 0 Å². The highest BCUT2D eigenvalue weighted by Gasteiger charge is 2.30. The molecule has 100 valence electrons. The molecular formula is C11H17N3O3S. The minimum atomic E-state index is -3.46. The second kappa shape index (κ2) is 5.23. The second-order valence-corrected chi connectivity index (χ2v) is 6.20. The number of anilines is 1. The summed E-state index contributed by atoms with van der Waals surface area (Å²) in [5.74, 6) is 5.24. The van der Waals surface area contributed by atoms with Gasteiger partial charge in [-0.05, 0) is 30.7 Å². The number of sulfonamides is 1. The Bertz CT molecular complexity index is 495. The number of nitrogen functional groups attached to an aromatic ring is 1. The SMILES string of the molecule is CN(C1CCOC1)S(=O)(=O)c1ccc(NN)cc1. The van der Waals surface area contributed by atoms with Gasteiger partial charge in [0.05, 0.1) is 17.5 Å². The highest BCUT2D eigenvalue weighted by atomic mass is 32.2. The van der Waals surface area contributed by atoms with Crippen LogP contribution in [0.4, 0.5) is 5.69 Å². The molecule has 1 aromatic carbocycles. The van der Waals surface area contributed by atoms with E-state index in [1.54, 1.807) is 19.2 Å². The summed E-state index contributed by atoms with van der Waals surface area (Å²) in [5.41, 5.74) is 3.13. The summed E-state index contributed by atoms with van der Waals surface area (Å²) >= 11 is 0. The summed E-state index contributed by atoms with van der Waals surface area (Å²) in [6.07, 6.45) is 0.734. The normalized spacial score (nSPS) is 20.3. The van der Waals surface area contributed by atoms with Gasteiger partial charge in [0.25, 0.3) is 0 Å². The standard InChI is InChI=1S/C11H17N3O3S/c1-14(10-6-7-17-8-10)18(15,16)11-4-2-9(13-12)3-5-11/h2-5,10,13H,6-8,12H2,1H3. The smallest absolute Gasteiger partial charge is 0.243 e. The van der Waals surface area contributed by atoms with Crippen molar-refractivity contribution in [1.29, 1.82) is 0 Å². The molecule has 1 fully saturated rings. The van der Waals surface area contributed by atoms with Crippen LogP contribution in [0, 0.1) is 0 Å². The molecule has 1 heterocycles. The largest absolute Gasteiger partial charge is 0.380 e. The van der Waals surface area contributed by atoms with Gasteiger partial charge >= 0.3 is 0 Å². The van der Waals surface area contributed by atoms with Gasteiger partial charge in [0.15, 0.2) is 0 Å². The van der Waals surface area contributed by atoms with Gasteiger partial charge in [0.1, 0.15) is 0 Å². The molecule has 3 N–H and O–H groups in total. The fourth-order valence-corrected chi connectivity index (χ4v) is 3.27. The van der Waals surface area contributed by atoms with Gasteiger partial charge in [0, 0.05) is 19.3 Å². The molecule has 0 aromatic heterocycles. The number of nitrogens with two attached hydrogens (primary N) is 1. The van der Waals surface area contributed by atoms with Crippen LogP contribution in [0.1, 0.15) is 6.42 Å². The number of rotatable bonds is 4. The van der Waals surface area contributed by atoms with Gasteiger partial charge in [-0.1, -0.05) is 0 Å². The highest BCUT2D eigenvalue weighted by molar-refractivity contribution is 7.89. The average Bonchev–Trinajstić information content (AvgIpc) is 2.91. The predicted octanol–water partition coefficient (Wildman–Crippen LogP) is 0.382. The van der Waals surface area contributed by atoms with Crippen molar-refractivity contribution < 1.29 is 13.2 Å². The maximum Gasteiger partial charge on any atom is 0.243 e. The lowest BCUT2D eigenvalue weighted by Crippen LogP contribution is -2.37. The van der Waals surface area contributed by atoms with Crippen LogP contribution in [0.3, 0.4) is 0 Å². The van der Waals surface area contributed by atoms with Crippen LogP contribution in [0.5, 0.6) is 0 Å². The van der Waals surface area contributed by atoms with Gasteiger partial charge in [-0.25, -0.2) is 8.42 Å². The third-order valence-corrected chi connectivity index (χ3v) is 5.04. The molecule has 0 aliphatic carbocycles. The van der Waals surface area contributed by atoms with E-state index >= 15 is 0 Å². The van der Waals surface area contributed by atoms with E-state index < -0.39 is 10.0 Å². The Labute approximate surface area is 107 Å². The van der Waals surface area contributed by atoms with Crippen LogP contribution < -0.4 is 11.3 Å². The number of benzene rings is 1. The fraction of sp³-hybridized carbons (Fsp3) is 0.455. The van der Waals surface area contributed by atoms with Crippen molar-refractivity contribution in [3.8, 4) is 0 Å². The minimum Gasteiger partial charge on any atom is -0.380 e. The third-order valence-electron chi connectivity index (χ3n) is 3.12. The van der Waals surface area contributed by atoms with E-state index in [4.69, 9.17) is 10.6 Å². The van der Waals surface area contributed by atoms with Gasteiger partial charge in [0.2, 0.25) is 10.0 Å². The van der Waals surface area contributed by atoms with Crippen molar-refractivity contribution >= 4 is 15.7 Å². The topological polar surface area (TPSA) is 84.7 Å². The first kappa shape index (κ1) is 13.3. The number of likely N-dealkylation sites (N-methyl/N-ethyl adjacent to an activating group) is 1. The van der Waals surface area contributed by atoms with E-state index in [1.807, 2.05) is 0 Å². The molecule has 1 aliphatic rings. The van der Waals surface area contributed by atoms with Gasteiger partial charge in [-0.15, -0.1) is 0 Å². The summed E-state index contributed by atoms with van der Waals surface area (Å²) in [6, 6.07) is 6.26. The fourth-order valence-electron chi connectivity index (χ4n) is 1.89. The first-order chi connectivity index (χ1) is 8.55. The second-order valence-electron chi connectivity index (χ2n) is 4.21. The number of hydrazine groups is 1. The van der Waals surface area contributed by atoms with Crippen molar-refractivity contribution in [2.75, 3.05) is 25.7 Å². The monoisotopic (exact) mass is 271 g/mol. The van der Waals surface area contributed by atoms with Crippen LogP contribution in [-0.2, 0) is 14.8 Å². The van der Waals surface area contributed by atoms with E-state index in [0.717, 1.165) is 6.42 Å². The third kappa shape index (κ3) is 2.49. The Morgan fingerprint density at radius 2 is 2.06 bits per heavy atom. The molecule has 0 radical (unpaired) electrons. The summed E-state index contributed by atoms with van der Waals surface area (Å²) in [7, 11) is -1.88. The Balaban J connectivity index is 2.23. The van der Waals surface area contributed by atoms with Crippen LogP contribution in [0.2, 0.25) is 0 Å². The molecular weight excluding hydrogens is 254 g/mol. The molecule has 18 heavy (non-hydrogen) atoms. The van der Waals surface area contributed by atoms with Crippen molar-refractivity contribution in [3.05, 3.63) is 24.3 Å². The molecule has 1 aliphatic heterocycles. The van der Waals surface area contributed by atoms with Gasteiger partial charge in [-0.3, -0.25) is 5.84 Å². The van der Waals surface area contributed by atoms with Crippen molar-refractivity contribution in [2.45, 2.75) is 17.4 Å². The minimum absolute atomic E-state index is 0.0812.